The van der Waals surface area contributed by atoms with Gasteiger partial charge in [0.15, 0.2) is 0 Å². The highest BCUT2D eigenvalue weighted by atomic mass is 35.5. The summed E-state index contributed by atoms with van der Waals surface area (Å²) in [6.07, 6.45) is 0. The SMILES string of the molecule is CC1(C)c2cccc(CCl)c2C(C)(C)C1(C)C. The van der Waals surface area contributed by atoms with Crippen molar-refractivity contribution in [1.82, 2.24) is 0 Å². The van der Waals surface area contributed by atoms with Gasteiger partial charge in [-0.25, -0.2) is 0 Å². The molecule has 0 nitrogen and oxygen atoms in total. The van der Waals surface area contributed by atoms with Crippen LogP contribution in [0.3, 0.4) is 0 Å². The molecule has 1 aromatic carbocycles. The summed E-state index contributed by atoms with van der Waals surface area (Å²) in [5, 5.41) is 0. The molecule has 1 aliphatic rings. The van der Waals surface area contributed by atoms with Crippen LogP contribution in [-0.4, -0.2) is 0 Å². The number of fused-ring (bicyclic) bond motifs is 1. The summed E-state index contributed by atoms with van der Waals surface area (Å²) in [5.41, 5.74) is 4.83. The molecular weight excluding hydrogens is 228 g/mol. The first-order chi connectivity index (χ1) is 7.68. The van der Waals surface area contributed by atoms with E-state index in [4.69, 9.17) is 11.6 Å². The summed E-state index contributed by atoms with van der Waals surface area (Å²) in [5.74, 6) is 0.610. The largest absolute Gasteiger partial charge is 0.122 e. The predicted octanol–water partition coefficient (Wildman–Crippen LogP) is 5.02. The third-order valence-electron chi connectivity index (χ3n) is 5.72. The third-order valence-corrected chi connectivity index (χ3v) is 6.01. The van der Waals surface area contributed by atoms with E-state index in [1.54, 1.807) is 0 Å². The Kier molecular flexibility index (Phi) is 2.67. The lowest BCUT2D eigenvalue weighted by Gasteiger charge is -2.44. The zero-order valence-corrected chi connectivity index (χ0v) is 12.6. The fraction of sp³-hybridized carbons (Fsp3) is 0.625. The van der Waals surface area contributed by atoms with E-state index in [2.05, 4.69) is 59.7 Å². The van der Waals surface area contributed by atoms with Gasteiger partial charge in [-0.1, -0.05) is 59.7 Å². The topological polar surface area (TPSA) is 0 Å². The molecule has 0 spiro atoms. The maximum absolute atomic E-state index is 6.12. The van der Waals surface area contributed by atoms with Crippen LogP contribution in [0.4, 0.5) is 0 Å². The highest BCUT2D eigenvalue weighted by molar-refractivity contribution is 6.17. The van der Waals surface area contributed by atoms with Crippen LogP contribution in [0.25, 0.3) is 0 Å². The van der Waals surface area contributed by atoms with Crippen LogP contribution in [0, 0.1) is 5.41 Å². The standard InChI is InChI=1S/C16H23Cl/c1-14(2)12-9-7-8-11(10-17)13(12)15(3,4)16(14,5)6/h7-9H,10H2,1-6H3. The van der Waals surface area contributed by atoms with Crippen molar-refractivity contribution in [2.24, 2.45) is 5.41 Å². The van der Waals surface area contributed by atoms with Gasteiger partial charge in [0.1, 0.15) is 0 Å². The molecule has 0 heterocycles. The Hall–Kier alpha value is -0.490. The van der Waals surface area contributed by atoms with Crippen LogP contribution in [0.2, 0.25) is 0 Å². The molecule has 0 radical (unpaired) electrons. The number of rotatable bonds is 1. The molecule has 0 saturated heterocycles. The van der Waals surface area contributed by atoms with Gasteiger partial charge >= 0.3 is 0 Å². The molecule has 17 heavy (non-hydrogen) atoms. The molecule has 0 atom stereocenters. The van der Waals surface area contributed by atoms with Gasteiger partial charge in [-0.05, 0) is 32.9 Å². The summed E-state index contributed by atoms with van der Waals surface area (Å²) < 4.78 is 0. The van der Waals surface area contributed by atoms with Gasteiger partial charge in [-0.15, -0.1) is 11.6 Å². The second-order valence-corrected chi connectivity index (χ2v) is 7.12. The van der Waals surface area contributed by atoms with Crippen molar-refractivity contribution in [3.8, 4) is 0 Å². The molecular formula is C16H23Cl. The van der Waals surface area contributed by atoms with Crippen molar-refractivity contribution >= 4 is 11.6 Å². The molecule has 0 N–H and O–H groups in total. The van der Waals surface area contributed by atoms with Crippen LogP contribution >= 0.6 is 11.6 Å². The van der Waals surface area contributed by atoms with Crippen LogP contribution in [0.1, 0.15) is 58.2 Å². The van der Waals surface area contributed by atoms with Gasteiger partial charge in [0.2, 0.25) is 0 Å². The second kappa shape index (κ2) is 3.51. The summed E-state index contributed by atoms with van der Waals surface area (Å²) in [4.78, 5) is 0. The van der Waals surface area contributed by atoms with Gasteiger partial charge in [0, 0.05) is 5.88 Å². The molecule has 0 amide bonds. The van der Waals surface area contributed by atoms with E-state index in [9.17, 15) is 0 Å². The average Bonchev–Trinajstić information content (AvgIpc) is 2.36. The quantitative estimate of drug-likeness (QED) is 0.614. The predicted molar refractivity (Wildman–Crippen MR) is 75.8 cm³/mol. The monoisotopic (exact) mass is 250 g/mol. The fourth-order valence-electron chi connectivity index (χ4n) is 3.40. The zero-order valence-electron chi connectivity index (χ0n) is 11.8. The Morgan fingerprint density at radius 1 is 0.941 bits per heavy atom. The molecule has 2 rings (SSSR count). The minimum Gasteiger partial charge on any atom is -0.122 e. The Morgan fingerprint density at radius 2 is 1.53 bits per heavy atom. The molecule has 1 aliphatic carbocycles. The van der Waals surface area contributed by atoms with E-state index in [-0.39, 0.29) is 16.2 Å². The molecule has 0 saturated carbocycles. The van der Waals surface area contributed by atoms with E-state index >= 15 is 0 Å². The van der Waals surface area contributed by atoms with Gasteiger partial charge < -0.3 is 0 Å². The zero-order chi connectivity index (χ0) is 13.1. The first-order valence-electron chi connectivity index (χ1n) is 6.36. The number of halogens is 1. The Labute approximate surface area is 110 Å². The Morgan fingerprint density at radius 3 is 2.06 bits per heavy atom. The van der Waals surface area contributed by atoms with Crippen molar-refractivity contribution < 1.29 is 0 Å². The van der Waals surface area contributed by atoms with Crippen molar-refractivity contribution in [2.75, 3.05) is 0 Å². The summed E-state index contributed by atoms with van der Waals surface area (Å²) >= 11 is 6.12. The summed E-state index contributed by atoms with van der Waals surface area (Å²) in [6, 6.07) is 6.60. The lowest BCUT2D eigenvalue weighted by Crippen LogP contribution is -2.42. The van der Waals surface area contributed by atoms with E-state index in [0.29, 0.717) is 5.88 Å². The van der Waals surface area contributed by atoms with Crippen LogP contribution in [-0.2, 0) is 16.7 Å². The van der Waals surface area contributed by atoms with E-state index in [0.717, 1.165) is 0 Å². The van der Waals surface area contributed by atoms with E-state index < -0.39 is 0 Å². The normalized spacial score (nSPS) is 23.5. The number of hydrogen-bond acceptors (Lipinski definition) is 0. The highest BCUT2D eigenvalue weighted by Crippen LogP contribution is 2.62. The van der Waals surface area contributed by atoms with Gasteiger partial charge in [-0.2, -0.15) is 0 Å². The maximum atomic E-state index is 6.12. The van der Waals surface area contributed by atoms with Crippen LogP contribution in [0.5, 0.6) is 0 Å². The number of alkyl halides is 1. The van der Waals surface area contributed by atoms with Gasteiger partial charge in [0.25, 0.3) is 0 Å². The minimum absolute atomic E-state index is 0.164. The smallest absolute Gasteiger partial charge is 0.0477 e. The molecule has 1 heteroatoms. The first-order valence-corrected chi connectivity index (χ1v) is 6.90. The Balaban J connectivity index is 2.82. The molecule has 0 fully saturated rings. The van der Waals surface area contributed by atoms with Crippen molar-refractivity contribution in [3.63, 3.8) is 0 Å². The molecule has 0 bridgehead atoms. The molecule has 0 aliphatic heterocycles. The number of benzene rings is 1. The van der Waals surface area contributed by atoms with Crippen molar-refractivity contribution in [2.45, 2.75) is 58.3 Å². The lowest BCUT2D eigenvalue weighted by atomic mass is 9.59. The van der Waals surface area contributed by atoms with Crippen LogP contribution in [0.15, 0.2) is 18.2 Å². The van der Waals surface area contributed by atoms with Gasteiger partial charge in [-0.3, -0.25) is 0 Å². The third kappa shape index (κ3) is 1.37. The van der Waals surface area contributed by atoms with Gasteiger partial charge in [0.05, 0.1) is 0 Å². The van der Waals surface area contributed by atoms with E-state index in [1.165, 1.54) is 16.7 Å². The van der Waals surface area contributed by atoms with Crippen molar-refractivity contribution in [3.05, 3.63) is 34.9 Å². The second-order valence-electron chi connectivity index (χ2n) is 6.85. The molecule has 1 aromatic rings. The number of hydrogen-bond donors (Lipinski definition) is 0. The maximum Gasteiger partial charge on any atom is 0.0477 e. The first kappa shape index (κ1) is 13.0. The lowest BCUT2D eigenvalue weighted by molar-refractivity contribution is 0.124. The van der Waals surface area contributed by atoms with E-state index in [1.807, 2.05) is 0 Å². The molecule has 0 unspecified atom stereocenters. The summed E-state index contributed by atoms with van der Waals surface area (Å²) in [7, 11) is 0. The minimum atomic E-state index is 0.164. The Bertz CT molecular complexity index is 453. The fourth-order valence-corrected chi connectivity index (χ4v) is 3.62. The van der Waals surface area contributed by atoms with Crippen molar-refractivity contribution in [1.29, 1.82) is 0 Å². The highest BCUT2D eigenvalue weighted by Gasteiger charge is 2.57. The molecule has 94 valence electrons. The molecule has 0 aromatic heterocycles. The van der Waals surface area contributed by atoms with Crippen LogP contribution < -0.4 is 0 Å². The summed E-state index contributed by atoms with van der Waals surface area (Å²) in [6.45, 7) is 14.2. The average molecular weight is 251 g/mol.